The molecule has 0 radical (unpaired) electrons. The molecule has 1 atom stereocenters. The number of hydrogen-bond acceptors (Lipinski definition) is 4. The topological polar surface area (TPSA) is 59.9 Å². The van der Waals surface area contributed by atoms with Crippen molar-refractivity contribution in [3.63, 3.8) is 0 Å². The van der Waals surface area contributed by atoms with E-state index < -0.39 is 5.60 Å². The largest absolute Gasteiger partial charge is 0.494 e. The van der Waals surface area contributed by atoms with Gasteiger partial charge in [0.05, 0.1) is 30.7 Å². The molecule has 0 aliphatic heterocycles. The van der Waals surface area contributed by atoms with Gasteiger partial charge in [-0.3, -0.25) is 0 Å². The quantitative estimate of drug-likeness (QED) is 0.387. The van der Waals surface area contributed by atoms with Gasteiger partial charge in [-0.05, 0) is 42.9 Å². The van der Waals surface area contributed by atoms with Crippen LogP contribution in [0, 0.1) is 5.92 Å². The van der Waals surface area contributed by atoms with Crippen LogP contribution in [0.4, 0.5) is 0 Å². The summed E-state index contributed by atoms with van der Waals surface area (Å²) in [5, 5.41) is 17.0. The van der Waals surface area contributed by atoms with Gasteiger partial charge in [-0.2, -0.15) is 0 Å². The summed E-state index contributed by atoms with van der Waals surface area (Å²) in [6.07, 6.45) is 6.66. The van der Waals surface area contributed by atoms with E-state index in [2.05, 4.69) is 26.2 Å². The number of aromatic nitrogens is 1. The van der Waals surface area contributed by atoms with Crippen molar-refractivity contribution in [3.05, 3.63) is 81.7 Å². The van der Waals surface area contributed by atoms with Crippen LogP contribution < -0.4 is 9.64 Å². The van der Waals surface area contributed by atoms with Crippen molar-refractivity contribution in [2.45, 2.75) is 57.6 Å². The van der Waals surface area contributed by atoms with E-state index in [9.17, 15) is 5.11 Å². The fourth-order valence-electron chi connectivity index (χ4n) is 4.52. The minimum Gasteiger partial charge on any atom is -0.494 e. The molecular weight excluding hydrogens is 483 g/mol. The first-order valence-corrected chi connectivity index (χ1v) is 13.2. The van der Waals surface area contributed by atoms with E-state index in [1.54, 1.807) is 12.1 Å². The van der Waals surface area contributed by atoms with Crippen LogP contribution >= 0.6 is 23.2 Å². The lowest BCUT2D eigenvalue weighted by Gasteiger charge is -2.37. The molecule has 35 heavy (non-hydrogen) atoms. The summed E-state index contributed by atoms with van der Waals surface area (Å²) in [6.45, 7) is 3.53. The lowest BCUT2D eigenvalue weighted by atomic mass is 9.71. The molecule has 0 spiro atoms. The predicted molar refractivity (Wildman–Crippen MR) is 141 cm³/mol. The molecule has 2 aromatic carbocycles. The average Bonchev–Trinajstić information content (AvgIpc) is 3.34. The average molecular weight is 521 g/mol. The van der Waals surface area contributed by atoms with Crippen LogP contribution in [0.5, 0.6) is 5.75 Å². The summed E-state index contributed by atoms with van der Waals surface area (Å²) < 4.78 is 10.9. The molecule has 190 valence electrons. The maximum atomic E-state index is 11.7. The van der Waals surface area contributed by atoms with Crippen molar-refractivity contribution in [2.24, 2.45) is 5.92 Å². The third-order valence-corrected chi connectivity index (χ3v) is 6.99. The number of nitrogens with zero attached hydrogens (tertiary/aromatic N) is 1. The van der Waals surface area contributed by atoms with E-state index in [1.807, 2.05) is 42.5 Å². The number of benzene rings is 2. The Labute approximate surface area is 219 Å². The van der Waals surface area contributed by atoms with Crippen LogP contribution in [0.1, 0.15) is 62.5 Å². The van der Waals surface area contributed by atoms with Gasteiger partial charge in [0.1, 0.15) is 23.6 Å². The smallest absolute Gasteiger partial charge is 0.191 e. The molecule has 1 unspecified atom stereocenters. The number of halogens is 2. The highest BCUT2D eigenvalue weighted by Crippen LogP contribution is 2.43. The number of hydrogen-bond donors (Lipinski definition) is 2. The van der Waals surface area contributed by atoms with E-state index >= 15 is 0 Å². The van der Waals surface area contributed by atoms with Crippen LogP contribution in [0.2, 0.25) is 10.0 Å². The summed E-state index contributed by atoms with van der Waals surface area (Å²) in [4.78, 5) is 1.27. The van der Waals surface area contributed by atoms with Crippen LogP contribution in [-0.4, -0.2) is 31.0 Å². The summed E-state index contributed by atoms with van der Waals surface area (Å²) in [5.41, 5.74) is 0.529. The van der Waals surface area contributed by atoms with Crippen molar-refractivity contribution in [2.75, 3.05) is 20.7 Å². The zero-order valence-electron chi connectivity index (χ0n) is 20.9. The first-order valence-electron chi connectivity index (χ1n) is 12.5. The highest BCUT2D eigenvalue weighted by molar-refractivity contribution is 6.42. The number of nitrogens with one attached hydrogen (secondary N) is 1. The molecule has 1 saturated carbocycles. The first kappa shape index (κ1) is 27.5. The lowest BCUT2D eigenvalue weighted by molar-refractivity contribution is -0.873. The zero-order valence-corrected chi connectivity index (χ0v) is 22.4. The summed E-state index contributed by atoms with van der Waals surface area (Å²) in [7, 11) is 4.15. The summed E-state index contributed by atoms with van der Waals surface area (Å²) in [5.74, 6) is 1.79. The van der Waals surface area contributed by atoms with Gasteiger partial charge in [0, 0.05) is 12.1 Å². The second kappa shape index (κ2) is 13.3. The van der Waals surface area contributed by atoms with Gasteiger partial charge in [-0.1, -0.05) is 84.9 Å². The molecule has 1 aliphatic rings. The lowest BCUT2D eigenvalue weighted by Crippen LogP contribution is -3.04. The maximum absolute atomic E-state index is 11.7. The zero-order chi connectivity index (χ0) is 25.3. The first-order chi connectivity index (χ1) is 16.8. The van der Waals surface area contributed by atoms with E-state index in [-0.39, 0.29) is 5.92 Å². The monoisotopic (exact) mass is 519 g/mol. The van der Waals surface area contributed by atoms with Gasteiger partial charge in [-0.15, -0.1) is 0 Å². The van der Waals surface area contributed by atoms with Crippen molar-refractivity contribution >= 4 is 23.2 Å². The Morgan fingerprint density at radius 3 is 2.37 bits per heavy atom. The third-order valence-electron chi connectivity index (χ3n) is 6.25. The second-order valence-electron chi connectivity index (χ2n) is 9.45. The Kier molecular flexibility index (Phi) is 10.5. The summed E-state index contributed by atoms with van der Waals surface area (Å²) in [6, 6.07) is 17.1. The molecular formula is C28H37Cl2N2O3+. The number of aliphatic hydroxyl groups is 1. The number of quaternary nitrogens is 1. The van der Waals surface area contributed by atoms with Crippen LogP contribution in [-0.2, 0) is 12.1 Å². The van der Waals surface area contributed by atoms with E-state index in [4.69, 9.17) is 32.5 Å². The van der Waals surface area contributed by atoms with Gasteiger partial charge in [0.25, 0.3) is 0 Å². The van der Waals surface area contributed by atoms with Gasteiger partial charge < -0.3 is 19.3 Å². The molecule has 7 heteroatoms. The molecule has 1 heterocycles. The Morgan fingerprint density at radius 1 is 1.03 bits per heavy atom. The van der Waals surface area contributed by atoms with E-state index in [0.717, 1.165) is 42.9 Å². The maximum Gasteiger partial charge on any atom is 0.191 e. The predicted octanol–water partition coefficient (Wildman–Crippen LogP) is 5.92. The fourth-order valence-corrected chi connectivity index (χ4v) is 4.80. The van der Waals surface area contributed by atoms with Crippen LogP contribution in [0.15, 0.2) is 59.1 Å². The molecule has 2 N–H and O–H groups in total. The van der Waals surface area contributed by atoms with Crippen molar-refractivity contribution < 1.29 is 19.3 Å². The van der Waals surface area contributed by atoms with Crippen molar-refractivity contribution in [1.82, 2.24) is 5.16 Å². The molecule has 4 rings (SSSR count). The molecule has 0 amide bonds. The number of rotatable bonds is 8. The van der Waals surface area contributed by atoms with Crippen LogP contribution in [0.3, 0.4) is 0 Å². The van der Waals surface area contributed by atoms with E-state index in [1.165, 1.54) is 24.2 Å². The van der Waals surface area contributed by atoms with Gasteiger partial charge in [0.15, 0.2) is 5.76 Å². The van der Waals surface area contributed by atoms with Gasteiger partial charge in [0.2, 0.25) is 0 Å². The van der Waals surface area contributed by atoms with E-state index in [0.29, 0.717) is 22.3 Å². The molecule has 5 nitrogen and oxygen atoms in total. The molecule has 1 fully saturated rings. The van der Waals surface area contributed by atoms with Crippen LogP contribution in [0.25, 0.3) is 0 Å². The second-order valence-corrected chi connectivity index (χ2v) is 10.3. The molecule has 0 saturated heterocycles. The Hall–Kier alpha value is -2.05. The van der Waals surface area contributed by atoms with Crippen molar-refractivity contribution in [3.8, 4) is 5.75 Å². The molecule has 3 aromatic rings. The minimum atomic E-state index is -1.05. The van der Waals surface area contributed by atoms with Crippen molar-refractivity contribution in [1.29, 1.82) is 0 Å². The molecule has 1 aliphatic carbocycles. The standard InChI is InChI=1S/C19H26N2O2.C9H10Cl2O/c1-21(2)14-17-13-18(20-23-17)19(22,15-9-5-3-6-10-15)16-11-7-4-8-12-16;1-2-5-12-7-3-4-8(10)9(11)6-7/h3,5-6,9-10,13,16,22H,4,7-8,11-12,14H2,1-2H3;3-4,6H,2,5H2,1H3/p+1. The SMILES string of the molecule is CCCOc1ccc(Cl)c(Cl)c1.C[NH+](C)Cc1cc(C(O)(c2ccccc2)C2CCCCC2)no1. The molecule has 0 bridgehead atoms. The Morgan fingerprint density at radius 2 is 1.74 bits per heavy atom. The Bertz CT molecular complexity index is 1040. The normalized spacial score (nSPS) is 15.9. The fraction of sp³-hybridized carbons (Fsp3) is 0.464. The van der Waals surface area contributed by atoms with Gasteiger partial charge in [-0.25, -0.2) is 0 Å². The highest BCUT2D eigenvalue weighted by Gasteiger charge is 2.43. The third kappa shape index (κ3) is 7.47. The Balaban J connectivity index is 0.000000241. The van der Waals surface area contributed by atoms with Gasteiger partial charge >= 0.3 is 0 Å². The summed E-state index contributed by atoms with van der Waals surface area (Å²) >= 11 is 11.5. The molecule has 1 aromatic heterocycles. The number of ether oxygens (including phenoxy) is 1. The highest BCUT2D eigenvalue weighted by atomic mass is 35.5. The minimum absolute atomic E-state index is 0.198.